The zero-order valence-corrected chi connectivity index (χ0v) is 20.3. The van der Waals surface area contributed by atoms with Crippen LogP contribution in [0.4, 0.5) is 0 Å². The molecule has 32 heavy (non-hydrogen) atoms. The molecule has 1 fully saturated rings. The van der Waals surface area contributed by atoms with Crippen LogP contribution in [-0.4, -0.2) is 56.3 Å². The lowest BCUT2D eigenvalue weighted by Crippen LogP contribution is -2.47. The molecule has 2 aromatic carbocycles. The molecule has 1 saturated heterocycles. The maximum atomic E-state index is 13.3. The molecule has 1 amide bonds. The standard InChI is InChI=1S/C22H25Cl2NO6S/c1-4-20(32(27,28)29)22(15-5-6-18(23)19(24)11-15)7-8-25(13-22)21(26)14-9-16(30-2)12-17(10-14)31-3/h5-6,9-12,20H,4,7-8,13H2,1-3H3,(H,27,28,29). The van der Waals surface area contributed by atoms with E-state index in [2.05, 4.69) is 0 Å². The third kappa shape index (κ3) is 4.69. The number of nitrogens with zero attached hydrogens (tertiary/aromatic N) is 1. The van der Waals surface area contributed by atoms with Gasteiger partial charge in [0.05, 0.1) is 29.5 Å². The van der Waals surface area contributed by atoms with Gasteiger partial charge in [-0.25, -0.2) is 0 Å². The van der Waals surface area contributed by atoms with E-state index >= 15 is 0 Å². The summed E-state index contributed by atoms with van der Waals surface area (Å²) in [5, 5.41) is -0.513. The van der Waals surface area contributed by atoms with Crippen LogP contribution in [0.5, 0.6) is 11.5 Å². The van der Waals surface area contributed by atoms with Gasteiger partial charge < -0.3 is 14.4 Å². The lowest BCUT2D eigenvalue weighted by Gasteiger charge is -2.36. The summed E-state index contributed by atoms with van der Waals surface area (Å²) in [4.78, 5) is 14.9. The summed E-state index contributed by atoms with van der Waals surface area (Å²) in [6, 6.07) is 9.76. The van der Waals surface area contributed by atoms with Gasteiger partial charge in [0.15, 0.2) is 0 Å². The molecular formula is C22H25Cl2NO6S. The van der Waals surface area contributed by atoms with Gasteiger partial charge in [-0.2, -0.15) is 8.42 Å². The number of hydrogen-bond acceptors (Lipinski definition) is 5. The van der Waals surface area contributed by atoms with Crippen molar-refractivity contribution in [1.82, 2.24) is 4.90 Å². The molecule has 174 valence electrons. The maximum absolute atomic E-state index is 13.3. The molecule has 0 aromatic heterocycles. The molecule has 10 heteroatoms. The lowest BCUT2D eigenvalue weighted by molar-refractivity contribution is 0.0781. The molecule has 0 aliphatic carbocycles. The van der Waals surface area contributed by atoms with Crippen molar-refractivity contribution in [3.63, 3.8) is 0 Å². The van der Waals surface area contributed by atoms with Crippen LogP contribution in [0.15, 0.2) is 36.4 Å². The SMILES string of the molecule is CCC(C1(c2ccc(Cl)c(Cl)c2)CCN(C(=O)c2cc(OC)cc(OC)c2)C1)S(=O)(=O)O. The van der Waals surface area contributed by atoms with E-state index in [1.807, 2.05) is 0 Å². The summed E-state index contributed by atoms with van der Waals surface area (Å²) in [7, 11) is -1.43. The van der Waals surface area contributed by atoms with Crippen LogP contribution in [0.1, 0.15) is 35.7 Å². The van der Waals surface area contributed by atoms with E-state index in [1.165, 1.54) is 14.2 Å². The summed E-state index contributed by atoms with van der Waals surface area (Å²) >= 11 is 12.3. The van der Waals surface area contributed by atoms with Crippen molar-refractivity contribution in [2.24, 2.45) is 0 Å². The van der Waals surface area contributed by atoms with Gasteiger partial charge in [0, 0.05) is 30.1 Å². The number of rotatable bonds is 7. The van der Waals surface area contributed by atoms with E-state index in [-0.39, 0.29) is 23.9 Å². The number of ether oxygens (including phenoxy) is 2. The highest BCUT2D eigenvalue weighted by Crippen LogP contribution is 2.44. The second-order valence-corrected chi connectivity index (χ2v) is 10.2. The number of benzene rings is 2. The van der Waals surface area contributed by atoms with Crippen molar-refractivity contribution >= 4 is 39.2 Å². The molecule has 2 aromatic rings. The monoisotopic (exact) mass is 501 g/mol. The van der Waals surface area contributed by atoms with Crippen molar-refractivity contribution in [3.05, 3.63) is 57.6 Å². The fourth-order valence-corrected chi connectivity index (χ4v) is 6.11. The minimum Gasteiger partial charge on any atom is -0.497 e. The summed E-state index contributed by atoms with van der Waals surface area (Å²) in [5.41, 5.74) is -0.0872. The molecule has 0 saturated carbocycles. The van der Waals surface area contributed by atoms with Gasteiger partial charge in [-0.05, 0) is 42.7 Å². The Kier molecular flexibility index (Phi) is 7.29. The molecule has 1 N–H and O–H groups in total. The quantitative estimate of drug-likeness (QED) is 0.562. The highest BCUT2D eigenvalue weighted by Gasteiger charge is 2.51. The first-order valence-corrected chi connectivity index (χ1v) is 12.3. The van der Waals surface area contributed by atoms with Crippen LogP contribution in [0.25, 0.3) is 0 Å². The van der Waals surface area contributed by atoms with Crippen molar-refractivity contribution in [2.45, 2.75) is 30.4 Å². The van der Waals surface area contributed by atoms with Crippen LogP contribution < -0.4 is 9.47 Å². The number of methoxy groups -OCH3 is 2. The second-order valence-electron chi connectivity index (χ2n) is 7.77. The Morgan fingerprint density at radius 3 is 2.25 bits per heavy atom. The van der Waals surface area contributed by atoms with Crippen molar-refractivity contribution in [3.8, 4) is 11.5 Å². The Morgan fingerprint density at radius 1 is 1.12 bits per heavy atom. The molecule has 1 aliphatic heterocycles. The molecule has 0 bridgehead atoms. The number of carbonyl (C=O) groups excluding carboxylic acids is 1. The first-order chi connectivity index (χ1) is 15.1. The molecule has 1 aliphatic rings. The van der Waals surface area contributed by atoms with Crippen LogP contribution >= 0.6 is 23.2 Å². The predicted octanol–water partition coefficient (Wildman–Crippen LogP) is 4.46. The Balaban J connectivity index is 2.05. The minimum atomic E-state index is -4.42. The molecule has 2 atom stereocenters. The maximum Gasteiger partial charge on any atom is 0.268 e. The summed E-state index contributed by atoms with van der Waals surface area (Å²) in [6.45, 7) is 2.07. The molecule has 3 rings (SSSR count). The topological polar surface area (TPSA) is 93.1 Å². The summed E-state index contributed by atoms with van der Waals surface area (Å²) in [6.07, 6.45) is 0.490. The van der Waals surface area contributed by atoms with Gasteiger partial charge in [-0.15, -0.1) is 0 Å². The van der Waals surface area contributed by atoms with E-state index in [9.17, 15) is 17.8 Å². The van der Waals surface area contributed by atoms with Crippen LogP contribution in [0, 0.1) is 0 Å². The third-order valence-corrected chi connectivity index (χ3v) is 8.27. The molecular weight excluding hydrogens is 477 g/mol. The second kappa shape index (κ2) is 9.47. The Hall–Kier alpha value is -2.00. The van der Waals surface area contributed by atoms with Gasteiger partial charge in [-0.3, -0.25) is 9.35 Å². The zero-order valence-electron chi connectivity index (χ0n) is 18.0. The van der Waals surface area contributed by atoms with E-state index < -0.39 is 20.8 Å². The van der Waals surface area contributed by atoms with Crippen molar-refractivity contribution in [2.75, 3.05) is 27.3 Å². The smallest absolute Gasteiger partial charge is 0.268 e. The normalized spacial score (nSPS) is 19.6. The number of likely N-dealkylation sites (tertiary alicyclic amines) is 1. The minimum absolute atomic E-state index is 0.0849. The Morgan fingerprint density at radius 2 is 1.75 bits per heavy atom. The van der Waals surface area contributed by atoms with Gasteiger partial charge >= 0.3 is 0 Å². The largest absolute Gasteiger partial charge is 0.497 e. The highest BCUT2D eigenvalue weighted by atomic mass is 35.5. The van der Waals surface area contributed by atoms with E-state index in [1.54, 1.807) is 48.2 Å². The molecule has 0 radical (unpaired) electrons. The fraction of sp³-hybridized carbons (Fsp3) is 0.409. The van der Waals surface area contributed by atoms with E-state index in [4.69, 9.17) is 32.7 Å². The highest BCUT2D eigenvalue weighted by molar-refractivity contribution is 7.86. The average Bonchev–Trinajstić information content (AvgIpc) is 3.20. The first-order valence-electron chi connectivity index (χ1n) is 10.00. The zero-order chi connectivity index (χ0) is 23.7. The van der Waals surface area contributed by atoms with Gasteiger partial charge in [0.1, 0.15) is 11.5 Å². The first kappa shape index (κ1) is 24.6. The number of amides is 1. The van der Waals surface area contributed by atoms with Crippen LogP contribution in [0.3, 0.4) is 0 Å². The third-order valence-electron chi connectivity index (χ3n) is 6.03. The molecule has 7 nitrogen and oxygen atoms in total. The predicted molar refractivity (Wildman–Crippen MR) is 124 cm³/mol. The van der Waals surface area contributed by atoms with Gasteiger partial charge in [0.25, 0.3) is 16.0 Å². The number of halogens is 2. The Labute approximate surface area is 198 Å². The van der Waals surface area contributed by atoms with Crippen LogP contribution in [-0.2, 0) is 15.5 Å². The van der Waals surface area contributed by atoms with Crippen molar-refractivity contribution < 1.29 is 27.2 Å². The molecule has 0 spiro atoms. The summed E-state index contributed by atoms with van der Waals surface area (Å²) < 4.78 is 45.3. The lowest BCUT2D eigenvalue weighted by atomic mass is 9.75. The van der Waals surface area contributed by atoms with Crippen molar-refractivity contribution in [1.29, 1.82) is 0 Å². The van der Waals surface area contributed by atoms with Gasteiger partial charge in [-0.1, -0.05) is 36.2 Å². The Bertz CT molecular complexity index is 1100. The average molecular weight is 502 g/mol. The molecule has 1 heterocycles. The van der Waals surface area contributed by atoms with E-state index in [0.717, 1.165) is 0 Å². The van der Waals surface area contributed by atoms with Gasteiger partial charge in [0.2, 0.25) is 0 Å². The summed E-state index contributed by atoms with van der Waals surface area (Å²) in [5.74, 6) is 0.633. The number of hydrogen-bond donors (Lipinski definition) is 1. The number of carbonyl (C=O) groups is 1. The van der Waals surface area contributed by atoms with Crippen LogP contribution in [0.2, 0.25) is 10.0 Å². The molecule has 2 unspecified atom stereocenters. The fourth-order valence-electron chi connectivity index (χ4n) is 4.50. The van der Waals surface area contributed by atoms with E-state index in [0.29, 0.717) is 40.6 Å².